The first-order valence-corrected chi connectivity index (χ1v) is 9.73. The number of benzene rings is 2. The number of thioether (sulfide) groups is 1. The van der Waals surface area contributed by atoms with Crippen LogP contribution in [0.4, 0.5) is 0 Å². The van der Waals surface area contributed by atoms with Crippen LogP contribution in [0.1, 0.15) is 11.1 Å². The van der Waals surface area contributed by atoms with E-state index in [0.717, 1.165) is 17.3 Å². The third-order valence-electron chi connectivity index (χ3n) is 4.02. The number of halogens is 1. The van der Waals surface area contributed by atoms with Crippen LogP contribution in [0.15, 0.2) is 66.1 Å². The zero-order valence-corrected chi connectivity index (χ0v) is 16.1. The minimum absolute atomic E-state index is 0.00856. The lowest BCUT2D eigenvalue weighted by Gasteiger charge is -2.09. The van der Waals surface area contributed by atoms with Crippen molar-refractivity contribution in [2.24, 2.45) is 0 Å². The number of aryl methyl sites for hydroxylation is 1. The minimum Gasteiger partial charge on any atom is -0.355 e. The van der Waals surface area contributed by atoms with E-state index in [9.17, 15) is 4.79 Å². The van der Waals surface area contributed by atoms with Gasteiger partial charge in [-0.1, -0.05) is 47.6 Å². The summed E-state index contributed by atoms with van der Waals surface area (Å²) in [6.07, 6.45) is 4.44. The monoisotopic (exact) mass is 385 g/mol. The van der Waals surface area contributed by atoms with E-state index in [0.29, 0.717) is 17.3 Å². The molecule has 26 heavy (non-hydrogen) atoms. The highest BCUT2D eigenvalue weighted by Gasteiger charge is 2.09. The molecule has 0 aliphatic rings. The quantitative estimate of drug-likeness (QED) is 0.617. The molecule has 0 atom stereocenters. The smallest absolute Gasteiger partial charge is 0.230 e. The first-order chi connectivity index (χ1) is 12.6. The van der Waals surface area contributed by atoms with Crippen LogP contribution in [0.2, 0.25) is 5.02 Å². The van der Waals surface area contributed by atoms with Gasteiger partial charge in [0.05, 0.1) is 5.75 Å². The first-order valence-electron chi connectivity index (χ1n) is 8.37. The summed E-state index contributed by atoms with van der Waals surface area (Å²) in [7, 11) is 0. The number of carbonyl (C=O) groups is 1. The zero-order chi connectivity index (χ0) is 18.4. The van der Waals surface area contributed by atoms with Crippen molar-refractivity contribution < 1.29 is 4.79 Å². The summed E-state index contributed by atoms with van der Waals surface area (Å²) in [5.41, 5.74) is 3.48. The Bertz CT molecular complexity index is 877. The molecule has 1 amide bonds. The predicted molar refractivity (Wildman–Crippen MR) is 107 cm³/mol. The molecule has 1 heterocycles. The maximum absolute atomic E-state index is 12.1. The summed E-state index contributed by atoms with van der Waals surface area (Å²) in [6, 6.07) is 15.8. The van der Waals surface area contributed by atoms with Gasteiger partial charge < -0.3 is 5.32 Å². The van der Waals surface area contributed by atoms with Crippen molar-refractivity contribution in [2.45, 2.75) is 18.5 Å². The molecule has 0 radical (unpaired) electrons. The number of amides is 1. The second-order valence-corrected chi connectivity index (χ2v) is 7.25. The minimum atomic E-state index is 0.00856. The summed E-state index contributed by atoms with van der Waals surface area (Å²) in [5.74, 6) is 0.340. The lowest BCUT2D eigenvalue weighted by Crippen LogP contribution is -2.27. The third-order valence-corrected chi connectivity index (χ3v) is 5.24. The van der Waals surface area contributed by atoms with Gasteiger partial charge in [-0.25, -0.2) is 4.98 Å². The Kier molecular flexibility index (Phi) is 6.36. The molecular formula is C20H20ClN3OS. The van der Waals surface area contributed by atoms with E-state index in [1.54, 1.807) is 6.20 Å². The van der Waals surface area contributed by atoms with Crippen LogP contribution >= 0.6 is 23.4 Å². The third kappa shape index (κ3) is 4.90. The molecular weight excluding hydrogens is 366 g/mol. The summed E-state index contributed by atoms with van der Waals surface area (Å²) in [6.45, 7) is 2.72. The maximum Gasteiger partial charge on any atom is 0.230 e. The lowest BCUT2D eigenvalue weighted by molar-refractivity contribution is -0.118. The van der Waals surface area contributed by atoms with Gasteiger partial charge in [-0.2, -0.15) is 0 Å². The van der Waals surface area contributed by atoms with Gasteiger partial charge in [0.1, 0.15) is 0 Å². The maximum atomic E-state index is 12.1. The van der Waals surface area contributed by atoms with E-state index in [4.69, 9.17) is 11.6 Å². The van der Waals surface area contributed by atoms with Gasteiger partial charge in [-0.3, -0.25) is 9.36 Å². The van der Waals surface area contributed by atoms with Crippen molar-refractivity contribution in [1.29, 1.82) is 0 Å². The predicted octanol–water partition coefficient (Wildman–Crippen LogP) is 4.29. The number of hydrogen-bond acceptors (Lipinski definition) is 3. The van der Waals surface area contributed by atoms with Gasteiger partial charge in [-0.05, 0) is 48.7 Å². The topological polar surface area (TPSA) is 46.9 Å². The molecule has 0 spiro atoms. The van der Waals surface area contributed by atoms with Crippen molar-refractivity contribution in [3.63, 3.8) is 0 Å². The summed E-state index contributed by atoms with van der Waals surface area (Å²) in [4.78, 5) is 16.5. The van der Waals surface area contributed by atoms with Gasteiger partial charge in [-0.15, -0.1) is 0 Å². The average Bonchev–Trinajstić information content (AvgIpc) is 3.11. The number of hydrogen-bond donors (Lipinski definition) is 1. The van der Waals surface area contributed by atoms with Gasteiger partial charge in [0.2, 0.25) is 5.91 Å². The van der Waals surface area contributed by atoms with Gasteiger partial charge >= 0.3 is 0 Å². The summed E-state index contributed by atoms with van der Waals surface area (Å²) in [5, 5.41) is 4.44. The highest BCUT2D eigenvalue weighted by Crippen LogP contribution is 2.21. The molecule has 2 aromatic carbocycles. The molecule has 0 bridgehead atoms. The number of nitrogens with zero attached hydrogens (tertiary/aromatic N) is 2. The number of rotatable bonds is 7. The molecule has 4 nitrogen and oxygen atoms in total. The van der Waals surface area contributed by atoms with Crippen molar-refractivity contribution in [1.82, 2.24) is 14.9 Å². The van der Waals surface area contributed by atoms with E-state index >= 15 is 0 Å². The molecule has 3 aromatic rings. The van der Waals surface area contributed by atoms with Crippen LogP contribution in [0.5, 0.6) is 0 Å². The van der Waals surface area contributed by atoms with Crippen LogP contribution < -0.4 is 5.32 Å². The van der Waals surface area contributed by atoms with Crippen molar-refractivity contribution in [3.8, 4) is 5.69 Å². The van der Waals surface area contributed by atoms with Crippen molar-refractivity contribution in [3.05, 3.63) is 77.1 Å². The molecule has 134 valence electrons. The van der Waals surface area contributed by atoms with Gasteiger partial charge in [0.25, 0.3) is 0 Å². The molecule has 0 saturated heterocycles. The molecule has 0 unspecified atom stereocenters. The number of nitrogens with one attached hydrogen (secondary N) is 1. The first kappa shape index (κ1) is 18.5. The van der Waals surface area contributed by atoms with Crippen LogP contribution in [0.25, 0.3) is 5.69 Å². The number of carbonyl (C=O) groups excluding carboxylic acids is 1. The highest BCUT2D eigenvalue weighted by molar-refractivity contribution is 7.99. The second kappa shape index (κ2) is 8.92. The molecule has 3 rings (SSSR count). The molecule has 1 N–H and O–H groups in total. The largest absolute Gasteiger partial charge is 0.355 e. The SMILES string of the molecule is Cc1ccccc1CCNC(=O)CSc1nccn1-c1ccc(Cl)cc1. The molecule has 0 aliphatic heterocycles. The van der Waals surface area contributed by atoms with Gasteiger partial charge in [0.15, 0.2) is 5.16 Å². The van der Waals surface area contributed by atoms with E-state index in [1.807, 2.05) is 47.2 Å². The average molecular weight is 386 g/mol. The van der Waals surface area contributed by atoms with Crippen molar-refractivity contribution >= 4 is 29.3 Å². The molecule has 0 aliphatic carbocycles. The molecule has 6 heteroatoms. The lowest BCUT2D eigenvalue weighted by atomic mass is 10.1. The molecule has 1 aromatic heterocycles. The normalized spacial score (nSPS) is 10.7. The Hall–Kier alpha value is -2.24. The Morgan fingerprint density at radius 2 is 1.96 bits per heavy atom. The highest BCUT2D eigenvalue weighted by atomic mass is 35.5. The Balaban J connectivity index is 1.50. The Morgan fingerprint density at radius 1 is 1.19 bits per heavy atom. The second-order valence-electron chi connectivity index (χ2n) is 5.87. The van der Waals surface area contributed by atoms with Crippen LogP contribution in [-0.2, 0) is 11.2 Å². The fourth-order valence-electron chi connectivity index (χ4n) is 2.60. The van der Waals surface area contributed by atoms with Gasteiger partial charge in [0, 0.05) is 29.6 Å². The number of aromatic nitrogens is 2. The molecule has 0 fully saturated rings. The molecule has 0 saturated carbocycles. The Morgan fingerprint density at radius 3 is 2.73 bits per heavy atom. The zero-order valence-electron chi connectivity index (χ0n) is 14.5. The van der Waals surface area contributed by atoms with Crippen LogP contribution in [-0.4, -0.2) is 27.8 Å². The van der Waals surface area contributed by atoms with E-state index in [-0.39, 0.29) is 5.91 Å². The van der Waals surface area contributed by atoms with Crippen LogP contribution in [0.3, 0.4) is 0 Å². The Labute approximate surface area is 162 Å². The number of imidazole rings is 1. The van der Waals surface area contributed by atoms with E-state index in [2.05, 4.69) is 29.4 Å². The van der Waals surface area contributed by atoms with Crippen LogP contribution in [0, 0.1) is 6.92 Å². The van der Waals surface area contributed by atoms with E-state index in [1.165, 1.54) is 22.9 Å². The van der Waals surface area contributed by atoms with Crippen molar-refractivity contribution in [2.75, 3.05) is 12.3 Å². The summed E-state index contributed by atoms with van der Waals surface area (Å²) >= 11 is 7.35. The fourth-order valence-corrected chi connectivity index (χ4v) is 3.53. The fraction of sp³-hybridized carbons (Fsp3) is 0.200. The standard InChI is InChI=1S/C20H20ClN3OS/c1-15-4-2-3-5-16(15)10-11-22-19(25)14-26-20-23-12-13-24(20)18-8-6-17(21)7-9-18/h2-9,12-13H,10-11,14H2,1H3,(H,22,25). The summed E-state index contributed by atoms with van der Waals surface area (Å²) < 4.78 is 1.95. The van der Waals surface area contributed by atoms with E-state index < -0.39 is 0 Å².